The van der Waals surface area contributed by atoms with Gasteiger partial charge in [-0.3, -0.25) is 28.5 Å². The fourth-order valence-corrected chi connectivity index (χ4v) is 4.73. The van der Waals surface area contributed by atoms with Crippen LogP contribution in [0.3, 0.4) is 0 Å². The molecular weight excluding hydrogens is 488 g/mol. The fraction of sp³-hybridized carbons (Fsp3) is 0.476. The molecule has 0 spiro atoms. The zero-order valence-corrected chi connectivity index (χ0v) is 20.3. The first kappa shape index (κ1) is 26.8. The van der Waals surface area contributed by atoms with Crippen molar-refractivity contribution in [2.75, 3.05) is 13.7 Å². The molecule has 1 aliphatic heterocycles. The van der Waals surface area contributed by atoms with E-state index in [0.717, 1.165) is 35.7 Å². The van der Waals surface area contributed by atoms with Gasteiger partial charge in [-0.25, -0.2) is 9.18 Å². The van der Waals surface area contributed by atoms with Crippen LogP contribution in [0.5, 0.6) is 5.75 Å². The van der Waals surface area contributed by atoms with Gasteiger partial charge in [0, 0.05) is 12.3 Å². The number of ether oxygens (including phenoxy) is 2. The summed E-state index contributed by atoms with van der Waals surface area (Å²) in [4.78, 5) is 44.1. The highest BCUT2D eigenvalue weighted by atomic mass is 31.1. The molecule has 0 bridgehead atoms. The van der Waals surface area contributed by atoms with E-state index in [2.05, 4.69) is 0 Å². The van der Waals surface area contributed by atoms with Gasteiger partial charge < -0.3 is 19.1 Å². The average Bonchev–Trinajstić information content (AvgIpc) is 3.05. The first-order valence-corrected chi connectivity index (χ1v) is 12.0. The Morgan fingerprint density at radius 2 is 2.03 bits per heavy atom. The minimum atomic E-state index is -3.22. The lowest BCUT2D eigenvalue weighted by Crippen LogP contribution is -2.44. The predicted octanol–water partition coefficient (Wildman–Crippen LogP) is 1.18. The predicted molar refractivity (Wildman–Crippen MR) is 121 cm³/mol. The highest BCUT2D eigenvalue weighted by molar-refractivity contribution is 7.36. The molecule has 1 aliphatic rings. The van der Waals surface area contributed by atoms with Gasteiger partial charge in [-0.2, -0.15) is 0 Å². The van der Waals surface area contributed by atoms with E-state index in [4.69, 9.17) is 18.8 Å². The number of aromatic amines is 1. The van der Waals surface area contributed by atoms with Crippen LogP contribution in [0.4, 0.5) is 4.39 Å². The molecule has 1 saturated heterocycles. The monoisotopic (exact) mass is 515 g/mol. The van der Waals surface area contributed by atoms with E-state index in [1.165, 1.54) is 0 Å². The molecule has 1 aromatic carbocycles. The highest BCUT2D eigenvalue weighted by Gasteiger charge is 2.55. The molecule has 2 N–H and O–H groups in total. The molecule has 1 fully saturated rings. The van der Waals surface area contributed by atoms with E-state index >= 15 is 4.39 Å². The van der Waals surface area contributed by atoms with Gasteiger partial charge >= 0.3 is 19.8 Å². The highest BCUT2D eigenvalue weighted by Crippen LogP contribution is 2.41. The molecule has 0 radical (unpaired) electrons. The number of H-pyrrole nitrogens is 1. The van der Waals surface area contributed by atoms with Crippen molar-refractivity contribution in [3.8, 4) is 5.75 Å². The van der Waals surface area contributed by atoms with E-state index in [1.54, 1.807) is 37.3 Å². The molecule has 12 nitrogen and oxygen atoms in total. The van der Waals surface area contributed by atoms with E-state index in [9.17, 15) is 24.1 Å². The zero-order valence-electron chi connectivity index (χ0n) is 19.3. The summed E-state index contributed by atoms with van der Waals surface area (Å²) < 4.78 is 45.0. The molecule has 14 heteroatoms. The van der Waals surface area contributed by atoms with Crippen molar-refractivity contribution in [3.05, 3.63) is 63.4 Å². The van der Waals surface area contributed by atoms with Gasteiger partial charge in [0.1, 0.15) is 24.0 Å². The van der Waals surface area contributed by atoms with Crippen LogP contribution in [-0.4, -0.2) is 63.1 Å². The molecular formula is C21H27FN3O9P. The summed E-state index contributed by atoms with van der Waals surface area (Å²) >= 11 is 0. The van der Waals surface area contributed by atoms with Crippen molar-refractivity contribution < 1.29 is 37.7 Å². The second kappa shape index (κ2) is 11.3. The number of alkyl halides is 1. The van der Waals surface area contributed by atoms with Crippen molar-refractivity contribution in [1.29, 1.82) is 0 Å². The van der Waals surface area contributed by atoms with Crippen molar-refractivity contribution >= 4 is 14.1 Å². The minimum absolute atomic E-state index is 0.130. The standard InChI is InChI=1S/C21H27FN3O9P/c1-4-14(18(28)31-3)25(35(30)34-13-8-6-5-7-9-13)32-12-15-17(27)21(2,22)19(33-15)24-11-10-16(26)23-20(24)29/h5-11,14-15,17,19,27,35H,4,12H2,1-3H3,(H,23,26,29)/t14?,15-,17-,19-,21-/m1/s1. The van der Waals surface area contributed by atoms with Crippen LogP contribution in [0.25, 0.3) is 0 Å². The molecule has 2 heterocycles. The summed E-state index contributed by atoms with van der Waals surface area (Å²) in [6, 6.07) is 8.05. The Kier molecular flexibility index (Phi) is 8.62. The van der Waals surface area contributed by atoms with Crippen molar-refractivity contribution in [2.45, 2.75) is 50.4 Å². The zero-order chi connectivity index (χ0) is 25.8. The lowest BCUT2D eigenvalue weighted by atomic mass is 9.98. The molecule has 2 aromatic rings. The van der Waals surface area contributed by atoms with Gasteiger partial charge in [-0.15, -0.1) is 0 Å². The summed E-state index contributed by atoms with van der Waals surface area (Å²) in [5.74, 6) is -0.487. The number of halogens is 1. The molecule has 0 saturated carbocycles. The Bertz CT molecular complexity index is 1160. The molecule has 6 atom stereocenters. The van der Waals surface area contributed by atoms with Crippen LogP contribution in [-0.2, 0) is 23.7 Å². The number of methoxy groups -OCH3 is 1. The van der Waals surface area contributed by atoms with Crippen LogP contribution < -0.4 is 15.8 Å². The normalized spacial score (nSPS) is 25.8. The number of hydroxylamine groups is 1. The van der Waals surface area contributed by atoms with Gasteiger partial charge in [0.15, 0.2) is 11.9 Å². The van der Waals surface area contributed by atoms with Gasteiger partial charge in [0.25, 0.3) is 5.56 Å². The third kappa shape index (κ3) is 5.88. The SMILES string of the molecule is CCC(C(=O)OC)N(OC[C@H]1O[C@@H](n2ccc(=O)[nH]c2=O)[C@](C)(F)[C@@H]1O)[PH](=O)Oc1ccccc1. The summed E-state index contributed by atoms with van der Waals surface area (Å²) in [5, 5.41) is 10.6. The topological polar surface area (TPSA) is 149 Å². The van der Waals surface area contributed by atoms with Gasteiger partial charge in [-0.05, 0) is 25.5 Å². The largest absolute Gasteiger partial charge is 0.468 e. The average molecular weight is 515 g/mol. The Hall–Kier alpha value is -2.83. The summed E-state index contributed by atoms with van der Waals surface area (Å²) in [7, 11) is -2.07. The third-order valence-corrected chi connectivity index (χ3v) is 6.68. The van der Waals surface area contributed by atoms with E-state index in [0.29, 0.717) is 0 Å². The van der Waals surface area contributed by atoms with Crippen molar-refractivity contribution in [3.63, 3.8) is 0 Å². The maximum absolute atomic E-state index is 15.4. The van der Waals surface area contributed by atoms with Crippen molar-refractivity contribution in [1.82, 2.24) is 14.4 Å². The van der Waals surface area contributed by atoms with Gasteiger partial charge in [0.2, 0.25) is 0 Å². The van der Waals surface area contributed by atoms with Crippen LogP contribution in [0.15, 0.2) is 52.2 Å². The minimum Gasteiger partial charge on any atom is -0.468 e. The second-order valence-corrected chi connectivity index (χ2v) is 9.07. The number of nitrogens with one attached hydrogen (secondary N) is 1. The van der Waals surface area contributed by atoms with Gasteiger partial charge in [-0.1, -0.05) is 30.0 Å². The Morgan fingerprint density at radius 1 is 1.34 bits per heavy atom. The maximum Gasteiger partial charge on any atom is 0.331 e. The number of carbonyl (C=O) groups excluding carboxylic acids is 1. The first-order chi connectivity index (χ1) is 16.6. The molecule has 3 rings (SSSR count). The number of esters is 1. The number of aliphatic hydroxyl groups excluding tert-OH is 1. The summed E-state index contributed by atoms with van der Waals surface area (Å²) in [6.45, 7) is 2.12. The number of para-hydroxylation sites is 1. The number of aromatic nitrogens is 2. The fourth-order valence-electron chi connectivity index (χ4n) is 3.58. The molecule has 35 heavy (non-hydrogen) atoms. The number of rotatable bonds is 10. The molecule has 192 valence electrons. The quantitative estimate of drug-likeness (QED) is 0.268. The van der Waals surface area contributed by atoms with E-state index in [1.807, 2.05) is 4.98 Å². The van der Waals surface area contributed by atoms with Crippen LogP contribution in [0.2, 0.25) is 0 Å². The van der Waals surface area contributed by atoms with Crippen LogP contribution >= 0.6 is 8.18 Å². The Balaban J connectivity index is 1.81. The number of hydrogen-bond acceptors (Lipinski definition) is 9. The van der Waals surface area contributed by atoms with Crippen LogP contribution in [0, 0.1) is 0 Å². The molecule has 2 unspecified atom stereocenters. The second-order valence-electron chi connectivity index (χ2n) is 7.89. The summed E-state index contributed by atoms with van der Waals surface area (Å²) in [5.41, 5.74) is -4.07. The molecule has 1 aromatic heterocycles. The van der Waals surface area contributed by atoms with Crippen LogP contribution in [0.1, 0.15) is 26.5 Å². The van der Waals surface area contributed by atoms with E-state index < -0.39 is 62.2 Å². The Morgan fingerprint density at radius 3 is 2.63 bits per heavy atom. The molecule has 0 aliphatic carbocycles. The number of nitrogens with zero attached hydrogens (tertiary/aromatic N) is 2. The maximum atomic E-state index is 15.4. The van der Waals surface area contributed by atoms with Gasteiger partial charge in [0.05, 0.1) is 13.7 Å². The molecule has 0 amide bonds. The smallest absolute Gasteiger partial charge is 0.331 e. The number of aliphatic hydroxyl groups is 1. The Labute approximate surface area is 200 Å². The number of carbonyl (C=O) groups is 1. The first-order valence-electron chi connectivity index (χ1n) is 10.7. The number of benzene rings is 1. The number of hydrogen-bond donors (Lipinski definition) is 2. The summed E-state index contributed by atoms with van der Waals surface area (Å²) in [6.07, 6.45) is -3.53. The lowest BCUT2D eigenvalue weighted by molar-refractivity contribution is -0.181. The van der Waals surface area contributed by atoms with E-state index in [-0.39, 0.29) is 12.2 Å². The third-order valence-electron chi connectivity index (χ3n) is 5.47. The van der Waals surface area contributed by atoms with Crippen molar-refractivity contribution in [2.24, 2.45) is 0 Å². The lowest BCUT2D eigenvalue weighted by Gasteiger charge is -2.28.